The van der Waals surface area contributed by atoms with E-state index in [9.17, 15) is 9.59 Å². The molecular weight excluding hydrogens is 464 g/mol. The van der Waals surface area contributed by atoms with E-state index in [4.69, 9.17) is 21.1 Å². The highest BCUT2D eigenvalue weighted by atomic mass is 35.5. The van der Waals surface area contributed by atoms with Gasteiger partial charge in [-0.05, 0) is 42.0 Å². The number of aromatic nitrogens is 2. The molecule has 0 fully saturated rings. The molecule has 0 atom stereocenters. The van der Waals surface area contributed by atoms with Gasteiger partial charge in [0.2, 0.25) is 5.91 Å². The predicted octanol–water partition coefficient (Wildman–Crippen LogP) is 3.90. The van der Waals surface area contributed by atoms with Crippen LogP contribution in [0.25, 0.3) is 0 Å². The van der Waals surface area contributed by atoms with Crippen molar-refractivity contribution in [1.29, 1.82) is 0 Å². The Hall–Kier alpha value is -3.17. The van der Waals surface area contributed by atoms with Crippen LogP contribution < -0.4 is 20.1 Å². The summed E-state index contributed by atoms with van der Waals surface area (Å²) in [5, 5.41) is 6.92. The molecule has 2 amide bonds. The third-order valence-corrected chi connectivity index (χ3v) is 6.19. The summed E-state index contributed by atoms with van der Waals surface area (Å²) in [4.78, 5) is 28.9. The van der Waals surface area contributed by atoms with E-state index in [1.54, 1.807) is 36.5 Å². The van der Waals surface area contributed by atoms with Crippen LogP contribution in [-0.4, -0.2) is 40.3 Å². The van der Waals surface area contributed by atoms with Gasteiger partial charge >= 0.3 is 0 Å². The number of hydrogen-bond donors (Lipinski definition) is 2. The molecule has 1 aliphatic rings. The van der Waals surface area contributed by atoms with E-state index < -0.39 is 0 Å². The fourth-order valence-electron chi connectivity index (χ4n) is 3.19. The molecule has 0 spiro atoms. The van der Waals surface area contributed by atoms with Crippen LogP contribution in [0.4, 0.5) is 5.69 Å². The maximum Gasteiger partial charge on any atom is 0.251 e. The first kappa shape index (κ1) is 23.0. The Morgan fingerprint density at radius 1 is 1.18 bits per heavy atom. The summed E-state index contributed by atoms with van der Waals surface area (Å²) < 4.78 is 13.2. The van der Waals surface area contributed by atoms with E-state index in [0.717, 1.165) is 17.1 Å². The Labute approximate surface area is 200 Å². The first-order chi connectivity index (χ1) is 16.0. The first-order valence-corrected chi connectivity index (χ1v) is 11.7. The topological polar surface area (TPSA) is 94.5 Å². The Morgan fingerprint density at radius 2 is 1.97 bits per heavy atom. The van der Waals surface area contributed by atoms with Gasteiger partial charge in [0.25, 0.3) is 5.91 Å². The summed E-state index contributed by atoms with van der Waals surface area (Å²) in [5.41, 5.74) is 1.91. The van der Waals surface area contributed by atoms with Gasteiger partial charge in [-0.15, -0.1) is 0 Å². The van der Waals surface area contributed by atoms with Crippen LogP contribution in [0.2, 0.25) is 5.02 Å². The van der Waals surface area contributed by atoms with Crippen molar-refractivity contribution in [2.24, 2.45) is 7.05 Å². The van der Waals surface area contributed by atoms with Crippen molar-refractivity contribution in [3.8, 4) is 11.5 Å². The molecule has 172 valence electrons. The third kappa shape index (κ3) is 6.00. The molecule has 8 nitrogen and oxygen atoms in total. The number of benzene rings is 2. The number of halogens is 1. The van der Waals surface area contributed by atoms with Crippen molar-refractivity contribution >= 4 is 40.9 Å². The van der Waals surface area contributed by atoms with E-state index >= 15 is 0 Å². The number of amides is 2. The maximum absolute atomic E-state index is 12.5. The smallest absolute Gasteiger partial charge is 0.251 e. The zero-order chi connectivity index (χ0) is 23.2. The second kappa shape index (κ2) is 10.6. The zero-order valence-electron chi connectivity index (χ0n) is 18.0. The van der Waals surface area contributed by atoms with Crippen LogP contribution >= 0.6 is 23.4 Å². The lowest BCUT2D eigenvalue weighted by atomic mass is 10.1. The zero-order valence-corrected chi connectivity index (χ0v) is 19.5. The lowest BCUT2D eigenvalue weighted by molar-refractivity contribution is -0.113. The Bertz CT molecular complexity index is 1150. The fraction of sp³-hybridized carbons (Fsp3) is 0.261. The number of nitrogens with zero attached hydrogens (tertiary/aromatic N) is 2. The first-order valence-electron chi connectivity index (χ1n) is 10.4. The molecule has 33 heavy (non-hydrogen) atoms. The molecule has 4 rings (SSSR count). The van der Waals surface area contributed by atoms with Gasteiger partial charge in [-0.1, -0.05) is 23.4 Å². The molecule has 0 unspecified atom stereocenters. The van der Waals surface area contributed by atoms with Gasteiger partial charge in [0, 0.05) is 43.7 Å². The van der Waals surface area contributed by atoms with Crippen molar-refractivity contribution in [2.45, 2.75) is 18.1 Å². The summed E-state index contributed by atoms with van der Waals surface area (Å²) in [6.07, 6.45) is 4.30. The van der Waals surface area contributed by atoms with Gasteiger partial charge in [0.05, 0.1) is 24.0 Å². The van der Waals surface area contributed by atoms with Crippen molar-refractivity contribution in [1.82, 2.24) is 14.9 Å². The van der Waals surface area contributed by atoms with Crippen molar-refractivity contribution < 1.29 is 19.1 Å². The van der Waals surface area contributed by atoms with Crippen LogP contribution in [0.1, 0.15) is 22.3 Å². The number of carbonyl (C=O) groups excluding carboxylic acids is 2. The summed E-state index contributed by atoms with van der Waals surface area (Å²) in [6, 6.07) is 10.3. The molecule has 0 saturated heterocycles. The SMILES string of the molecule is Cn1ccnc1SCC(=O)Nc1ccc(C(=O)NCc2cc(Cl)c3c(c2)OCCCO3)cc1. The molecule has 1 aromatic heterocycles. The average molecular weight is 487 g/mol. The standard InChI is InChI=1S/C23H23ClN4O4S/c1-28-8-7-25-23(28)33-14-20(29)27-17-5-3-16(4-6-17)22(30)26-13-15-11-18(24)21-19(12-15)31-9-2-10-32-21/h3-8,11-12H,2,9-10,13-14H2,1H3,(H,26,30)(H,27,29). The molecule has 2 heterocycles. The van der Waals surface area contributed by atoms with Crippen molar-refractivity contribution in [2.75, 3.05) is 24.3 Å². The molecular formula is C23H23ClN4O4S. The number of thioether (sulfide) groups is 1. The van der Waals surface area contributed by atoms with Crippen molar-refractivity contribution in [3.05, 3.63) is 64.9 Å². The summed E-state index contributed by atoms with van der Waals surface area (Å²) in [7, 11) is 1.88. The quantitative estimate of drug-likeness (QED) is 0.492. The molecule has 0 radical (unpaired) electrons. The average Bonchev–Trinajstić information content (AvgIpc) is 3.06. The Morgan fingerprint density at radius 3 is 2.73 bits per heavy atom. The number of rotatable bonds is 7. The predicted molar refractivity (Wildman–Crippen MR) is 127 cm³/mol. The van der Waals surface area contributed by atoms with E-state index in [1.165, 1.54) is 11.8 Å². The van der Waals surface area contributed by atoms with Crippen LogP contribution in [0.3, 0.4) is 0 Å². The second-order valence-corrected chi connectivity index (χ2v) is 8.72. The van der Waals surface area contributed by atoms with E-state index in [1.807, 2.05) is 23.9 Å². The number of aryl methyl sites for hydroxylation is 1. The minimum Gasteiger partial charge on any atom is -0.489 e. The Kier molecular flexibility index (Phi) is 7.41. The third-order valence-electron chi connectivity index (χ3n) is 4.86. The molecule has 2 aromatic carbocycles. The lowest BCUT2D eigenvalue weighted by Gasteiger charge is -2.12. The van der Waals surface area contributed by atoms with Crippen LogP contribution in [0.15, 0.2) is 53.9 Å². The second-order valence-electron chi connectivity index (χ2n) is 7.37. The minimum atomic E-state index is -0.235. The largest absolute Gasteiger partial charge is 0.489 e. The summed E-state index contributed by atoms with van der Waals surface area (Å²) >= 11 is 7.67. The molecule has 10 heteroatoms. The lowest BCUT2D eigenvalue weighted by Crippen LogP contribution is -2.23. The van der Waals surface area contributed by atoms with Gasteiger partial charge in [0.15, 0.2) is 16.7 Å². The van der Waals surface area contributed by atoms with E-state index in [0.29, 0.717) is 41.0 Å². The number of nitrogens with one attached hydrogen (secondary N) is 2. The molecule has 0 bridgehead atoms. The fourth-order valence-corrected chi connectivity index (χ4v) is 4.21. The van der Waals surface area contributed by atoms with Gasteiger partial charge in [0.1, 0.15) is 0 Å². The van der Waals surface area contributed by atoms with Crippen molar-refractivity contribution in [3.63, 3.8) is 0 Å². The number of fused-ring (bicyclic) bond motifs is 1. The molecule has 0 aliphatic carbocycles. The molecule has 2 N–H and O–H groups in total. The normalized spacial score (nSPS) is 12.7. The number of imidazole rings is 1. The highest BCUT2D eigenvalue weighted by molar-refractivity contribution is 7.99. The summed E-state index contributed by atoms with van der Waals surface area (Å²) in [6.45, 7) is 1.41. The van der Waals surface area contributed by atoms with Crippen LogP contribution in [0, 0.1) is 0 Å². The highest BCUT2D eigenvalue weighted by Gasteiger charge is 2.16. The van der Waals surface area contributed by atoms with Gasteiger partial charge < -0.3 is 24.7 Å². The van der Waals surface area contributed by atoms with Gasteiger partial charge in [-0.2, -0.15) is 0 Å². The van der Waals surface area contributed by atoms with Crippen LogP contribution in [-0.2, 0) is 18.4 Å². The van der Waals surface area contributed by atoms with E-state index in [-0.39, 0.29) is 24.1 Å². The monoisotopic (exact) mass is 486 g/mol. The minimum absolute atomic E-state index is 0.147. The maximum atomic E-state index is 12.5. The molecule has 0 saturated carbocycles. The number of carbonyl (C=O) groups is 2. The number of anilines is 1. The molecule has 1 aliphatic heterocycles. The van der Waals surface area contributed by atoms with Gasteiger partial charge in [-0.25, -0.2) is 4.98 Å². The Balaban J connectivity index is 1.29. The highest BCUT2D eigenvalue weighted by Crippen LogP contribution is 2.38. The van der Waals surface area contributed by atoms with E-state index in [2.05, 4.69) is 15.6 Å². The summed E-state index contributed by atoms with van der Waals surface area (Å²) in [5.74, 6) is 0.990. The number of ether oxygens (including phenoxy) is 2. The van der Waals surface area contributed by atoms with Gasteiger partial charge in [-0.3, -0.25) is 9.59 Å². The molecule has 3 aromatic rings. The van der Waals surface area contributed by atoms with Crippen LogP contribution in [0.5, 0.6) is 11.5 Å². The number of hydrogen-bond acceptors (Lipinski definition) is 6.